The van der Waals surface area contributed by atoms with Gasteiger partial charge in [-0.3, -0.25) is 0 Å². The molecule has 2 saturated heterocycles. The number of ether oxygens (including phenoxy) is 1. The standard InChI is InChI=1S/C29H38N6O/c1-20-6-3-7-21-8-4-10-26(27(20)21)35-17-13-24-25(18-35)31-29(36-19-23-9-5-14-33(23)2)32-28(24)34-15-11-22(30)12-16-34/h3-4,6-8,10,22-23H,5,9,11-19,30H2,1-2H3/t23-/m0/s1. The zero-order chi connectivity index (χ0) is 24.6. The summed E-state index contributed by atoms with van der Waals surface area (Å²) >= 11 is 0. The topological polar surface area (TPSA) is 70.8 Å². The number of nitrogens with zero attached hydrogens (tertiary/aromatic N) is 5. The molecule has 0 amide bonds. The number of hydrogen-bond donors (Lipinski definition) is 1. The van der Waals surface area contributed by atoms with E-state index in [-0.39, 0.29) is 6.04 Å². The minimum Gasteiger partial charge on any atom is -0.462 e. The minimum atomic E-state index is 0.289. The molecule has 2 N–H and O–H groups in total. The number of likely N-dealkylation sites (tertiary alicyclic amines) is 1. The SMILES string of the molecule is Cc1cccc2cccc(N3CCc4c(nc(OC[C@@H]5CCCN5C)nc4N4CCC(N)CC4)C3)c12. The fourth-order valence-corrected chi connectivity index (χ4v) is 6.16. The van der Waals surface area contributed by atoms with E-state index in [4.69, 9.17) is 20.4 Å². The smallest absolute Gasteiger partial charge is 0.318 e. The second kappa shape index (κ2) is 9.87. The lowest BCUT2D eigenvalue weighted by Crippen LogP contribution is -2.41. The zero-order valence-electron chi connectivity index (χ0n) is 21.6. The Hall–Kier alpha value is -2.90. The molecular weight excluding hydrogens is 448 g/mol. The molecule has 36 heavy (non-hydrogen) atoms. The van der Waals surface area contributed by atoms with E-state index in [0.717, 1.165) is 63.5 Å². The Morgan fingerprint density at radius 1 is 0.972 bits per heavy atom. The Kier molecular flexibility index (Phi) is 6.44. The van der Waals surface area contributed by atoms with E-state index < -0.39 is 0 Å². The molecule has 0 radical (unpaired) electrons. The molecule has 0 saturated carbocycles. The van der Waals surface area contributed by atoms with Crippen molar-refractivity contribution in [3.05, 3.63) is 53.2 Å². The first-order chi connectivity index (χ1) is 17.6. The fraction of sp³-hybridized carbons (Fsp3) is 0.517. The van der Waals surface area contributed by atoms with E-state index in [9.17, 15) is 0 Å². The van der Waals surface area contributed by atoms with E-state index in [0.29, 0.717) is 18.7 Å². The lowest BCUT2D eigenvalue weighted by Gasteiger charge is -2.36. The average molecular weight is 487 g/mol. The summed E-state index contributed by atoms with van der Waals surface area (Å²) in [4.78, 5) is 17.3. The molecule has 0 unspecified atom stereocenters. The van der Waals surface area contributed by atoms with E-state index in [2.05, 4.69) is 65.1 Å². The number of likely N-dealkylation sites (N-methyl/N-ethyl adjacent to an activating group) is 1. The fourth-order valence-electron chi connectivity index (χ4n) is 6.16. The third-order valence-electron chi connectivity index (χ3n) is 8.37. The van der Waals surface area contributed by atoms with Crippen LogP contribution in [0.3, 0.4) is 0 Å². The minimum absolute atomic E-state index is 0.289. The molecule has 0 aliphatic carbocycles. The van der Waals surface area contributed by atoms with Gasteiger partial charge in [-0.2, -0.15) is 9.97 Å². The quantitative estimate of drug-likeness (QED) is 0.586. The Balaban J connectivity index is 1.33. The maximum absolute atomic E-state index is 6.28. The predicted octanol–water partition coefficient (Wildman–Crippen LogP) is 3.90. The first-order valence-corrected chi connectivity index (χ1v) is 13.5. The second-order valence-corrected chi connectivity index (χ2v) is 10.8. The summed E-state index contributed by atoms with van der Waals surface area (Å²) in [6.07, 6.45) is 5.34. The van der Waals surface area contributed by atoms with Crippen molar-refractivity contribution in [2.75, 3.05) is 49.6 Å². The highest BCUT2D eigenvalue weighted by Gasteiger charge is 2.29. The number of hydrogen-bond acceptors (Lipinski definition) is 7. The summed E-state index contributed by atoms with van der Waals surface area (Å²) in [5.74, 6) is 1.07. The number of piperidine rings is 1. The number of fused-ring (bicyclic) bond motifs is 2. The largest absolute Gasteiger partial charge is 0.462 e. The number of anilines is 2. The summed E-state index contributed by atoms with van der Waals surface area (Å²) in [5, 5.41) is 2.62. The molecule has 1 aromatic heterocycles. The highest BCUT2D eigenvalue weighted by molar-refractivity contribution is 5.97. The van der Waals surface area contributed by atoms with Gasteiger partial charge in [0, 0.05) is 48.4 Å². The van der Waals surface area contributed by atoms with Gasteiger partial charge in [-0.05, 0) is 69.6 Å². The molecule has 7 heteroatoms. The Morgan fingerprint density at radius 2 is 1.78 bits per heavy atom. The molecule has 3 aliphatic rings. The van der Waals surface area contributed by atoms with Gasteiger partial charge in [0.2, 0.25) is 0 Å². The van der Waals surface area contributed by atoms with Crippen LogP contribution < -0.4 is 20.3 Å². The molecule has 0 spiro atoms. The van der Waals surface area contributed by atoms with Crippen molar-refractivity contribution in [3.63, 3.8) is 0 Å². The highest BCUT2D eigenvalue weighted by Crippen LogP contribution is 2.35. The van der Waals surface area contributed by atoms with Crippen LogP contribution in [-0.4, -0.2) is 66.8 Å². The Morgan fingerprint density at radius 3 is 2.56 bits per heavy atom. The lowest BCUT2D eigenvalue weighted by atomic mass is 9.99. The zero-order valence-corrected chi connectivity index (χ0v) is 21.6. The number of nitrogens with two attached hydrogens (primary N) is 1. The lowest BCUT2D eigenvalue weighted by molar-refractivity contribution is 0.187. The van der Waals surface area contributed by atoms with Crippen LogP contribution in [0.4, 0.5) is 11.5 Å². The summed E-state index contributed by atoms with van der Waals surface area (Å²) in [7, 11) is 2.18. The van der Waals surface area contributed by atoms with Crippen LogP contribution in [0.2, 0.25) is 0 Å². The van der Waals surface area contributed by atoms with Gasteiger partial charge in [-0.15, -0.1) is 0 Å². The van der Waals surface area contributed by atoms with Crippen LogP contribution in [0.1, 0.15) is 42.5 Å². The molecule has 2 fully saturated rings. The number of benzene rings is 2. The summed E-state index contributed by atoms with van der Waals surface area (Å²) in [6, 6.07) is 14.4. The highest BCUT2D eigenvalue weighted by atomic mass is 16.5. The van der Waals surface area contributed by atoms with Gasteiger partial charge in [-0.25, -0.2) is 0 Å². The van der Waals surface area contributed by atoms with Crippen LogP contribution in [0.15, 0.2) is 36.4 Å². The van der Waals surface area contributed by atoms with E-state index >= 15 is 0 Å². The predicted molar refractivity (Wildman–Crippen MR) is 146 cm³/mol. The van der Waals surface area contributed by atoms with Crippen molar-refractivity contribution in [1.29, 1.82) is 0 Å². The number of rotatable bonds is 5. The van der Waals surface area contributed by atoms with Gasteiger partial charge in [0.1, 0.15) is 12.4 Å². The molecule has 190 valence electrons. The summed E-state index contributed by atoms with van der Waals surface area (Å²) in [5.41, 5.74) is 11.2. The third kappa shape index (κ3) is 4.50. The average Bonchev–Trinajstić information content (AvgIpc) is 3.31. The van der Waals surface area contributed by atoms with E-state index in [1.165, 1.54) is 40.4 Å². The molecule has 1 atom stereocenters. The van der Waals surface area contributed by atoms with Gasteiger partial charge in [0.15, 0.2) is 0 Å². The number of aryl methyl sites for hydroxylation is 1. The molecule has 6 rings (SSSR count). The third-order valence-corrected chi connectivity index (χ3v) is 8.37. The van der Waals surface area contributed by atoms with Crippen molar-refractivity contribution in [3.8, 4) is 6.01 Å². The van der Waals surface area contributed by atoms with Gasteiger partial charge >= 0.3 is 6.01 Å². The van der Waals surface area contributed by atoms with Crippen LogP contribution in [-0.2, 0) is 13.0 Å². The first-order valence-electron chi connectivity index (χ1n) is 13.5. The maximum Gasteiger partial charge on any atom is 0.318 e. The van der Waals surface area contributed by atoms with Crippen molar-refractivity contribution >= 4 is 22.3 Å². The Labute approximate surface area is 214 Å². The van der Waals surface area contributed by atoms with Gasteiger partial charge < -0.3 is 25.2 Å². The Bertz CT molecular complexity index is 1230. The van der Waals surface area contributed by atoms with Crippen molar-refractivity contribution in [2.24, 2.45) is 5.73 Å². The molecule has 3 aliphatic heterocycles. The van der Waals surface area contributed by atoms with Crippen molar-refractivity contribution in [1.82, 2.24) is 14.9 Å². The molecule has 7 nitrogen and oxygen atoms in total. The first kappa shape index (κ1) is 23.5. The summed E-state index contributed by atoms with van der Waals surface area (Å²) < 4.78 is 6.28. The molecule has 2 aromatic carbocycles. The van der Waals surface area contributed by atoms with E-state index in [1.807, 2.05) is 0 Å². The van der Waals surface area contributed by atoms with Gasteiger partial charge in [0.05, 0.1) is 12.2 Å². The monoisotopic (exact) mass is 486 g/mol. The normalized spacial score (nSPS) is 21.2. The molecule has 4 heterocycles. The van der Waals surface area contributed by atoms with E-state index in [1.54, 1.807) is 0 Å². The molecule has 0 bridgehead atoms. The van der Waals surface area contributed by atoms with Crippen LogP contribution in [0.5, 0.6) is 6.01 Å². The van der Waals surface area contributed by atoms with Crippen LogP contribution in [0.25, 0.3) is 10.8 Å². The van der Waals surface area contributed by atoms with Gasteiger partial charge in [-0.1, -0.05) is 30.3 Å². The molecule has 3 aromatic rings. The van der Waals surface area contributed by atoms with Crippen LogP contribution >= 0.6 is 0 Å². The number of aromatic nitrogens is 2. The van der Waals surface area contributed by atoms with Crippen molar-refractivity contribution < 1.29 is 4.74 Å². The second-order valence-electron chi connectivity index (χ2n) is 10.8. The van der Waals surface area contributed by atoms with Crippen molar-refractivity contribution in [2.45, 2.75) is 57.7 Å². The van der Waals surface area contributed by atoms with Crippen LogP contribution in [0, 0.1) is 6.92 Å². The summed E-state index contributed by atoms with van der Waals surface area (Å²) in [6.45, 7) is 7.60. The maximum atomic E-state index is 6.28. The molecular formula is C29H38N6O. The van der Waals surface area contributed by atoms with Gasteiger partial charge in [0.25, 0.3) is 0 Å².